The van der Waals surface area contributed by atoms with E-state index in [4.69, 9.17) is 14.2 Å². The normalized spacial score (nSPS) is 18.5. The Morgan fingerprint density at radius 3 is 2.44 bits per heavy atom. The zero-order valence-corrected chi connectivity index (χ0v) is 16.2. The molecule has 2 heterocycles. The lowest BCUT2D eigenvalue weighted by Crippen LogP contribution is -2.53. The van der Waals surface area contributed by atoms with Crippen LogP contribution in [0.15, 0.2) is 18.2 Å². The second-order valence-corrected chi connectivity index (χ2v) is 8.02. The number of benzene rings is 1. The van der Waals surface area contributed by atoms with Gasteiger partial charge in [0, 0.05) is 25.9 Å². The molecular weight excluding hydrogens is 350 g/mol. The van der Waals surface area contributed by atoms with E-state index >= 15 is 0 Å². The number of carbonyl (C=O) groups excluding carboxylic acids is 3. The fourth-order valence-corrected chi connectivity index (χ4v) is 3.54. The molecule has 0 aromatic heterocycles. The van der Waals surface area contributed by atoms with Crippen molar-refractivity contribution in [3.63, 3.8) is 0 Å². The summed E-state index contributed by atoms with van der Waals surface area (Å²) in [6.45, 7) is 6.39. The van der Waals surface area contributed by atoms with E-state index in [-0.39, 0.29) is 29.4 Å². The maximum Gasteiger partial charge on any atom is 0.410 e. The minimum atomic E-state index is -0.655. The standard InChI is InChI=1S/C20H25NO6/c1-19(2,3)27-18(24)21-10-8-20(9-11-21)12-14(22)16-13(17(23)25-4)6-5-7-15(16)26-20/h5-7H,8-12H2,1-4H3. The molecule has 0 saturated carbocycles. The van der Waals surface area contributed by atoms with Crippen LogP contribution >= 0.6 is 0 Å². The number of amides is 1. The van der Waals surface area contributed by atoms with Gasteiger partial charge in [0.1, 0.15) is 17.0 Å². The van der Waals surface area contributed by atoms with Gasteiger partial charge >= 0.3 is 12.1 Å². The van der Waals surface area contributed by atoms with Gasteiger partial charge in [0.2, 0.25) is 0 Å². The first-order chi connectivity index (χ1) is 12.6. The quantitative estimate of drug-likeness (QED) is 0.701. The number of Topliss-reactive ketones (excluding diaryl/α,β-unsaturated/α-hetero) is 1. The van der Waals surface area contributed by atoms with E-state index in [0.717, 1.165) is 0 Å². The first kappa shape index (κ1) is 19.2. The molecule has 1 fully saturated rings. The molecule has 0 atom stereocenters. The Bertz CT molecular complexity index is 771. The van der Waals surface area contributed by atoms with Gasteiger partial charge in [-0.2, -0.15) is 0 Å². The Balaban J connectivity index is 1.75. The van der Waals surface area contributed by atoms with Crippen molar-refractivity contribution in [1.82, 2.24) is 4.90 Å². The Labute approximate surface area is 158 Å². The number of ether oxygens (including phenoxy) is 3. The molecule has 1 spiro atoms. The molecule has 7 heteroatoms. The summed E-state index contributed by atoms with van der Waals surface area (Å²) in [5.41, 5.74) is -0.699. The number of hydrogen-bond acceptors (Lipinski definition) is 6. The van der Waals surface area contributed by atoms with E-state index in [1.165, 1.54) is 7.11 Å². The third-order valence-corrected chi connectivity index (χ3v) is 4.85. The predicted molar refractivity (Wildman–Crippen MR) is 97.1 cm³/mol. The van der Waals surface area contributed by atoms with Gasteiger partial charge in [0.05, 0.1) is 24.7 Å². The van der Waals surface area contributed by atoms with Crippen LogP contribution in [0.4, 0.5) is 4.79 Å². The molecule has 2 aliphatic heterocycles. The smallest absolute Gasteiger partial charge is 0.410 e. The lowest BCUT2D eigenvalue weighted by molar-refractivity contribution is -0.0228. The fraction of sp³-hybridized carbons (Fsp3) is 0.550. The molecule has 1 aromatic carbocycles. The van der Waals surface area contributed by atoms with Crippen molar-refractivity contribution in [2.45, 2.75) is 51.2 Å². The predicted octanol–water partition coefficient (Wildman–Crippen LogP) is 3.21. The lowest BCUT2D eigenvalue weighted by Gasteiger charge is -2.44. The number of carbonyl (C=O) groups is 3. The van der Waals surface area contributed by atoms with Crippen LogP contribution in [0, 0.1) is 0 Å². The van der Waals surface area contributed by atoms with Crippen LogP contribution in [0.25, 0.3) is 0 Å². The highest BCUT2D eigenvalue weighted by molar-refractivity contribution is 6.09. The molecule has 1 saturated heterocycles. The van der Waals surface area contributed by atoms with Crippen molar-refractivity contribution >= 4 is 17.8 Å². The number of rotatable bonds is 1. The van der Waals surface area contributed by atoms with Gasteiger partial charge in [0.15, 0.2) is 5.78 Å². The Hall–Kier alpha value is -2.57. The second-order valence-electron chi connectivity index (χ2n) is 8.02. The van der Waals surface area contributed by atoms with E-state index < -0.39 is 17.2 Å². The second kappa shape index (κ2) is 6.87. The molecule has 0 bridgehead atoms. The average molecular weight is 375 g/mol. The summed E-state index contributed by atoms with van der Waals surface area (Å²) in [5.74, 6) is -0.290. The molecule has 2 aliphatic rings. The highest BCUT2D eigenvalue weighted by atomic mass is 16.6. The van der Waals surface area contributed by atoms with Crippen LogP contribution in [-0.4, -0.2) is 54.1 Å². The van der Waals surface area contributed by atoms with Gasteiger partial charge in [-0.1, -0.05) is 6.07 Å². The number of piperidine rings is 1. The molecule has 0 aliphatic carbocycles. The summed E-state index contributed by atoms with van der Waals surface area (Å²) >= 11 is 0. The molecule has 1 aromatic rings. The van der Waals surface area contributed by atoms with E-state index in [9.17, 15) is 14.4 Å². The summed E-state index contributed by atoms with van der Waals surface area (Å²) < 4.78 is 16.4. The van der Waals surface area contributed by atoms with Crippen molar-refractivity contribution in [2.75, 3.05) is 20.2 Å². The largest absolute Gasteiger partial charge is 0.486 e. The first-order valence-electron chi connectivity index (χ1n) is 9.06. The SMILES string of the molecule is COC(=O)c1cccc2c1C(=O)CC1(CCN(C(=O)OC(C)(C)C)CC1)O2. The van der Waals surface area contributed by atoms with Crippen LogP contribution in [0.5, 0.6) is 5.75 Å². The highest BCUT2D eigenvalue weighted by Gasteiger charge is 2.45. The van der Waals surface area contributed by atoms with Crippen LogP contribution in [0.3, 0.4) is 0 Å². The minimum absolute atomic E-state index is 0.136. The minimum Gasteiger partial charge on any atom is -0.486 e. The van der Waals surface area contributed by atoms with Gasteiger partial charge in [-0.25, -0.2) is 9.59 Å². The zero-order valence-electron chi connectivity index (χ0n) is 16.2. The van der Waals surface area contributed by atoms with Crippen LogP contribution < -0.4 is 4.74 Å². The molecule has 0 radical (unpaired) electrons. The van der Waals surface area contributed by atoms with Gasteiger partial charge < -0.3 is 19.1 Å². The number of ketones is 1. The summed E-state index contributed by atoms with van der Waals surface area (Å²) in [5, 5.41) is 0. The molecule has 7 nitrogen and oxygen atoms in total. The third-order valence-electron chi connectivity index (χ3n) is 4.85. The maximum absolute atomic E-state index is 12.8. The molecule has 0 unspecified atom stereocenters. The number of esters is 1. The Kier molecular flexibility index (Phi) is 4.88. The molecule has 0 N–H and O–H groups in total. The monoisotopic (exact) mass is 375 g/mol. The van der Waals surface area contributed by atoms with Crippen molar-refractivity contribution in [2.24, 2.45) is 0 Å². The van der Waals surface area contributed by atoms with Gasteiger partial charge in [0.25, 0.3) is 0 Å². The summed E-state index contributed by atoms with van der Waals surface area (Å²) in [6.07, 6.45) is 0.878. The molecule has 27 heavy (non-hydrogen) atoms. The van der Waals surface area contributed by atoms with E-state index in [0.29, 0.717) is 31.7 Å². The van der Waals surface area contributed by atoms with Crippen LogP contribution in [0.1, 0.15) is 60.7 Å². The molecule has 146 valence electrons. The third kappa shape index (κ3) is 3.91. The zero-order chi connectivity index (χ0) is 19.8. The number of nitrogens with zero attached hydrogens (tertiary/aromatic N) is 1. The fourth-order valence-electron chi connectivity index (χ4n) is 3.54. The number of hydrogen-bond donors (Lipinski definition) is 0. The Morgan fingerprint density at radius 1 is 1.19 bits per heavy atom. The topological polar surface area (TPSA) is 82.1 Å². The number of fused-ring (bicyclic) bond motifs is 1. The van der Waals surface area contributed by atoms with Crippen molar-refractivity contribution in [3.05, 3.63) is 29.3 Å². The molecular formula is C20H25NO6. The van der Waals surface area contributed by atoms with Gasteiger partial charge in [-0.15, -0.1) is 0 Å². The lowest BCUT2D eigenvalue weighted by atomic mass is 9.81. The van der Waals surface area contributed by atoms with Crippen LogP contribution in [0.2, 0.25) is 0 Å². The molecule has 1 amide bonds. The highest BCUT2D eigenvalue weighted by Crippen LogP contribution is 2.40. The maximum atomic E-state index is 12.8. The molecule has 3 rings (SSSR count). The summed E-state index contributed by atoms with van der Waals surface area (Å²) in [7, 11) is 1.28. The summed E-state index contributed by atoms with van der Waals surface area (Å²) in [6, 6.07) is 4.93. The number of likely N-dealkylation sites (tertiary alicyclic amines) is 1. The summed E-state index contributed by atoms with van der Waals surface area (Å²) in [4.78, 5) is 38.6. The Morgan fingerprint density at radius 2 is 1.85 bits per heavy atom. The first-order valence-corrected chi connectivity index (χ1v) is 9.06. The van der Waals surface area contributed by atoms with Crippen molar-refractivity contribution in [3.8, 4) is 5.75 Å². The van der Waals surface area contributed by atoms with E-state index in [2.05, 4.69) is 0 Å². The van der Waals surface area contributed by atoms with E-state index in [1.807, 2.05) is 20.8 Å². The average Bonchev–Trinajstić information content (AvgIpc) is 2.59. The van der Waals surface area contributed by atoms with Crippen molar-refractivity contribution in [1.29, 1.82) is 0 Å². The van der Waals surface area contributed by atoms with Crippen molar-refractivity contribution < 1.29 is 28.6 Å². The van der Waals surface area contributed by atoms with Crippen LogP contribution in [-0.2, 0) is 9.47 Å². The van der Waals surface area contributed by atoms with Gasteiger partial charge in [-0.3, -0.25) is 4.79 Å². The van der Waals surface area contributed by atoms with E-state index in [1.54, 1.807) is 23.1 Å². The van der Waals surface area contributed by atoms with Gasteiger partial charge in [-0.05, 0) is 32.9 Å². The number of methoxy groups -OCH3 is 1.